The lowest BCUT2D eigenvalue weighted by Crippen LogP contribution is -2.36. The number of carbonyl (C=O) groups excluding carboxylic acids is 3. The number of aromatic nitrogens is 1. The molecule has 188 valence electrons. The predicted octanol–water partition coefficient (Wildman–Crippen LogP) is 4.16. The fraction of sp³-hybridized carbons (Fsp3) is 0.231. The number of nitrogens with zero attached hydrogens (tertiary/aromatic N) is 3. The molecule has 0 bridgehead atoms. The van der Waals surface area contributed by atoms with Crippen molar-refractivity contribution >= 4 is 46.5 Å². The summed E-state index contributed by atoms with van der Waals surface area (Å²) in [4.78, 5) is 45.9. The Labute approximate surface area is 215 Å². The quantitative estimate of drug-likeness (QED) is 0.449. The first-order valence-corrected chi connectivity index (χ1v) is 11.6. The van der Waals surface area contributed by atoms with Gasteiger partial charge < -0.3 is 20.3 Å². The topological polar surface area (TPSA) is 104 Å². The van der Waals surface area contributed by atoms with Gasteiger partial charge in [-0.25, -0.2) is 4.98 Å². The summed E-state index contributed by atoms with van der Waals surface area (Å²) in [7, 11) is 5.05. The zero-order valence-corrected chi connectivity index (χ0v) is 21.3. The van der Waals surface area contributed by atoms with Crippen LogP contribution in [-0.2, 0) is 4.79 Å². The van der Waals surface area contributed by atoms with Gasteiger partial charge in [0, 0.05) is 29.5 Å². The Morgan fingerprint density at radius 2 is 1.69 bits per heavy atom. The van der Waals surface area contributed by atoms with Crippen molar-refractivity contribution in [1.82, 2.24) is 9.88 Å². The minimum absolute atomic E-state index is 0.0559. The number of rotatable bonds is 9. The molecule has 3 aromatic rings. The maximum atomic E-state index is 13.0. The van der Waals surface area contributed by atoms with Crippen LogP contribution < -0.4 is 20.3 Å². The summed E-state index contributed by atoms with van der Waals surface area (Å²) in [5.41, 5.74) is 1.51. The highest BCUT2D eigenvalue weighted by Gasteiger charge is 2.18. The summed E-state index contributed by atoms with van der Waals surface area (Å²) in [6.45, 7) is 3.04. The van der Waals surface area contributed by atoms with E-state index in [9.17, 15) is 14.4 Å². The van der Waals surface area contributed by atoms with Gasteiger partial charge in [0.1, 0.15) is 11.6 Å². The third-order valence-electron chi connectivity index (χ3n) is 5.52. The summed E-state index contributed by atoms with van der Waals surface area (Å²) >= 11 is 5.97. The van der Waals surface area contributed by atoms with Crippen molar-refractivity contribution in [2.75, 3.05) is 49.8 Å². The molecule has 10 heteroatoms. The number of carbonyl (C=O) groups is 3. The number of hydrogen-bond acceptors (Lipinski definition) is 6. The van der Waals surface area contributed by atoms with Crippen LogP contribution in [0.1, 0.15) is 27.6 Å². The van der Waals surface area contributed by atoms with Crippen molar-refractivity contribution in [2.24, 2.45) is 0 Å². The molecule has 3 amide bonds. The molecular formula is C26H28ClN5O4. The number of nitrogens with one attached hydrogen (secondary N) is 2. The van der Waals surface area contributed by atoms with E-state index < -0.39 is 11.8 Å². The maximum absolute atomic E-state index is 13.0. The second-order valence-electron chi connectivity index (χ2n) is 8.01. The van der Waals surface area contributed by atoms with Crippen molar-refractivity contribution < 1.29 is 19.1 Å². The molecule has 0 aliphatic carbocycles. The van der Waals surface area contributed by atoms with Crippen molar-refractivity contribution in [3.63, 3.8) is 0 Å². The van der Waals surface area contributed by atoms with Gasteiger partial charge in [0.25, 0.3) is 11.8 Å². The minimum Gasteiger partial charge on any atom is -0.497 e. The minimum atomic E-state index is -0.494. The van der Waals surface area contributed by atoms with Crippen LogP contribution in [0.25, 0.3) is 0 Å². The Morgan fingerprint density at radius 1 is 0.972 bits per heavy atom. The van der Waals surface area contributed by atoms with Crippen LogP contribution in [0, 0.1) is 0 Å². The molecule has 0 saturated heterocycles. The Balaban J connectivity index is 1.77. The van der Waals surface area contributed by atoms with E-state index in [1.807, 2.05) is 18.9 Å². The van der Waals surface area contributed by atoms with E-state index in [4.69, 9.17) is 16.3 Å². The number of hydrogen-bond donors (Lipinski definition) is 2. The molecule has 0 spiro atoms. The maximum Gasteiger partial charge on any atom is 0.259 e. The zero-order valence-electron chi connectivity index (χ0n) is 20.5. The fourth-order valence-electron chi connectivity index (χ4n) is 3.23. The van der Waals surface area contributed by atoms with Crippen LogP contribution in [-0.4, -0.2) is 61.9 Å². The third kappa shape index (κ3) is 6.80. The van der Waals surface area contributed by atoms with E-state index >= 15 is 0 Å². The van der Waals surface area contributed by atoms with Gasteiger partial charge in [0.05, 0.1) is 24.9 Å². The highest BCUT2D eigenvalue weighted by molar-refractivity contribution is 6.30. The zero-order chi connectivity index (χ0) is 26.2. The first kappa shape index (κ1) is 26.7. The second kappa shape index (κ2) is 12.1. The molecule has 3 rings (SSSR count). The molecule has 0 unspecified atom stereocenters. The van der Waals surface area contributed by atoms with E-state index in [-0.39, 0.29) is 17.3 Å². The lowest BCUT2D eigenvalue weighted by atomic mass is 10.1. The van der Waals surface area contributed by atoms with Crippen molar-refractivity contribution in [3.8, 4) is 5.75 Å². The number of amides is 3. The molecule has 1 aromatic heterocycles. The number of methoxy groups -OCH3 is 1. The molecule has 0 aliphatic rings. The molecule has 0 aliphatic heterocycles. The van der Waals surface area contributed by atoms with Gasteiger partial charge in [-0.1, -0.05) is 18.5 Å². The van der Waals surface area contributed by atoms with E-state index in [0.717, 1.165) is 6.54 Å². The molecule has 0 fully saturated rings. The van der Waals surface area contributed by atoms with E-state index in [1.165, 1.54) is 25.4 Å². The summed E-state index contributed by atoms with van der Waals surface area (Å²) < 4.78 is 5.24. The van der Waals surface area contributed by atoms with Crippen molar-refractivity contribution in [2.45, 2.75) is 6.92 Å². The average Bonchev–Trinajstić information content (AvgIpc) is 2.88. The number of likely N-dealkylation sites (N-methyl/N-ethyl adjacent to an activating group) is 2. The normalized spacial score (nSPS) is 10.6. The SMILES string of the molecule is CCN(C)CC(=O)N(C)c1ccc(C(=O)Nc2ccc(OC)cc2C(=O)Nc2cc(Cl)ccn2)cc1. The molecule has 2 N–H and O–H groups in total. The fourth-order valence-corrected chi connectivity index (χ4v) is 3.39. The molecule has 36 heavy (non-hydrogen) atoms. The van der Waals surface area contributed by atoms with E-state index in [0.29, 0.717) is 34.3 Å². The molecule has 0 saturated carbocycles. The molecule has 0 atom stereocenters. The third-order valence-corrected chi connectivity index (χ3v) is 5.75. The van der Waals surface area contributed by atoms with Gasteiger partial charge in [-0.05, 0) is 68.2 Å². The standard InChI is InChI=1S/C26H28ClN5O4/c1-5-31(2)16-24(33)32(3)19-8-6-17(7-9-19)25(34)29-22-11-10-20(36-4)15-21(22)26(35)30-23-14-18(27)12-13-28-23/h6-15H,5,16H2,1-4H3,(H,29,34)(H,28,30,35). The van der Waals surface area contributed by atoms with Crippen molar-refractivity contribution in [3.05, 3.63) is 76.9 Å². The lowest BCUT2D eigenvalue weighted by molar-refractivity contribution is -0.119. The molecular weight excluding hydrogens is 482 g/mol. The number of halogens is 1. The van der Waals surface area contributed by atoms with Crippen LogP contribution in [0.5, 0.6) is 5.75 Å². The van der Waals surface area contributed by atoms with Gasteiger partial charge in [0.15, 0.2) is 0 Å². The van der Waals surface area contributed by atoms with Crippen molar-refractivity contribution in [1.29, 1.82) is 0 Å². The predicted molar refractivity (Wildman–Crippen MR) is 141 cm³/mol. The highest BCUT2D eigenvalue weighted by atomic mass is 35.5. The number of anilines is 3. The summed E-state index contributed by atoms with van der Waals surface area (Å²) in [5.74, 6) is -0.248. The lowest BCUT2D eigenvalue weighted by Gasteiger charge is -2.21. The van der Waals surface area contributed by atoms with Crippen LogP contribution in [0.4, 0.5) is 17.2 Å². The molecule has 0 radical (unpaired) electrons. The average molecular weight is 510 g/mol. The summed E-state index contributed by atoms with van der Waals surface area (Å²) in [6.07, 6.45) is 1.48. The van der Waals surface area contributed by atoms with Crippen LogP contribution in [0.3, 0.4) is 0 Å². The van der Waals surface area contributed by atoms with Gasteiger partial charge in [0.2, 0.25) is 5.91 Å². The Morgan fingerprint density at radius 3 is 2.33 bits per heavy atom. The summed E-state index contributed by atoms with van der Waals surface area (Å²) in [5, 5.41) is 5.87. The van der Waals surface area contributed by atoms with Crippen LogP contribution >= 0.6 is 11.6 Å². The van der Waals surface area contributed by atoms with E-state index in [1.54, 1.807) is 54.4 Å². The largest absolute Gasteiger partial charge is 0.497 e. The molecule has 2 aromatic carbocycles. The molecule has 1 heterocycles. The van der Waals surface area contributed by atoms with Gasteiger partial charge in [-0.2, -0.15) is 0 Å². The van der Waals surface area contributed by atoms with Crippen LogP contribution in [0.15, 0.2) is 60.8 Å². The number of ether oxygens (including phenoxy) is 1. The Kier molecular flexibility index (Phi) is 8.99. The van der Waals surface area contributed by atoms with Gasteiger partial charge in [-0.15, -0.1) is 0 Å². The molecule has 9 nitrogen and oxygen atoms in total. The van der Waals surface area contributed by atoms with Crippen LogP contribution in [0.2, 0.25) is 5.02 Å². The Bertz CT molecular complexity index is 1250. The number of pyridine rings is 1. The summed E-state index contributed by atoms with van der Waals surface area (Å²) in [6, 6.07) is 14.5. The van der Waals surface area contributed by atoms with E-state index in [2.05, 4.69) is 15.6 Å². The Hall–Kier alpha value is -3.95. The highest BCUT2D eigenvalue weighted by Crippen LogP contribution is 2.25. The number of benzene rings is 2. The monoisotopic (exact) mass is 509 g/mol. The first-order valence-electron chi connectivity index (χ1n) is 11.2. The van der Waals surface area contributed by atoms with Gasteiger partial charge in [-0.3, -0.25) is 19.3 Å². The van der Waals surface area contributed by atoms with Gasteiger partial charge >= 0.3 is 0 Å². The first-order chi connectivity index (χ1) is 17.2. The smallest absolute Gasteiger partial charge is 0.259 e. The second-order valence-corrected chi connectivity index (χ2v) is 8.45.